The Morgan fingerprint density at radius 3 is 2.40 bits per heavy atom. The van der Waals surface area contributed by atoms with Gasteiger partial charge in [-0.1, -0.05) is 30.3 Å². The summed E-state index contributed by atoms with van der Waals surface area (Å²) in [6, 6.07) is 7.73. The molecule has 110 valence electrons. The Bertz CT molecular complexity index is 436. The topological polar surface area (TPSA) is 113 Å². The van der Waals surface area contributed by atoms with Crippen molar-refractivity contribution in [1.82, 2.24) is 5.32 Å². The van der Waals surface area contributed by atoms with Crippen molar-refractivity contribution in [3.8, 4) is 0 Å². The molecule has 0 spiro atoms. The van der Waals surface area contributed by atoms with E-state index >= 15 is 0 Å². The number of aryl methyl sites for hydroxylation is 1. The number of benzene rings is 1. The number of carboxylic acids is 1. The van der Waals surface area contributed by atoms with Gasteiger partial charge in [-0.05, 0) is 18.4 Å². The van der Waals surface area contributed by atoms with Crippen LogP contribution in [0.4, 0.5) is 0 Å². The molecular weight excluding hydrogens is 260 g/mol. The zero-order valence-electron chi connectivity index (χ0n) is 11.2. The highest BCUT2D eigenvalue weighted by Gasteiger charge is 2.22. The van der Waals surface area contributed by atoms with Crippen LogP contribution in [0.2, 0.25) is 0 Å². The molecule has 20 heavy (non-hydrogen) atoms. The van der Waals surface area contributed by atoms with Crippen molar-refractivity contribution in [3.63, 3.8) is 0 Å². The van der Waals surface area contributed by atoms with Crippen LogP contribution in [0, 0.1) is 0 Å². The summed E-state index contributed by atoms with van der Waals surface area (Å²) < 4.78 is 0. The molecule has 0 fully saturated rings. The third-order valence-electron chi connectivity index (χ3n) is 2.96. The Kier molecular flexibility index (Phi) is 6.69. The Labute approximate surface area is 117 Å². The van der Waals surface area contributed by atoms with Crippen LogP contribution in [0.5, 0.6) is 0 Å². The predicted octanol–water partition coefficient (Wildman–Crippen LogP) is -0.102. The molecule has 6 heteroatoms. The van der Waals surface area contributed by atoms with Gasteiger partial charge >= 0.3 is 5.97 Å². The Morgan fingerprint density at radius 1 is 1.20 bits per heavy atom. The number of aliphatic hydroxyl groups excluding tert-OH is 1. The van der Waals surface area contributed by atoms with E-state index < -0.39 is 24.0 Å². The summed E-state index contributed by atoms with van der Waals surface area (Å²) in [5, 5.41) is 19.9. The highest BCUT2D eigenvalue weighted by atomic mass is 16.4. The number of amides is 1. The van der Waals surface area contributed by atoms with E-state index in [1.54, 1.807) is 0 Å². The van der Waals surface area contributed by atoms with Crippen LogP contribution in [-0.2, 0) is 16.0 Å². The van der Waals surface area contributed by atoms with Crippen LogP contribution in [0.25, 0.3) is 0 Å². The zero-order valence-corrected chi connectivity index (χ0v) is 11.2. The molecule has 6 nitrogen and oxygen atoms in total. The molecule has 0 bridgehead atoms. The highest BCUT2D eigenvalue weighted by molar-refractivity contribution is 5.86. The lowest BCUT2D eigenvalue weighted by Crippen LogP contribution is -2.48. The molecule has 0 aliphatic heterocycles. The Hall–Kier alpha value is -1.92. The maximum Gasteiger partial charge on any atom is 0.326 e. The van der Waals surface area contributed by atoms with Gasteiger partial charge in [0.1, 0.15) is 6.04 Å². The smallest absolute Gasteiger partial charge is 0.326 e. The number of hydrogen-bond donors (Lipinski definition) is 4. The van der Waals surface area contributed by atoms with Crippen LogP contribution in [0.3, 0.4) is 0 Å². The van der Waals surface area contributed by atoms with Gasteiger partial charge in [0.2, 0.25) is 5.91 Å². The van der Waals surface area contributed by atoms with Gasteiger partial charge in [0.15, 0.2) is 0 Å². The van der Waals surface area contributed by atoms with Crippen molar-refractivity contribution in [2.45, 2.75) is 31.3 Å². The van der Waals surface area contributed by atoms with E-state index in [-0.39, 0.29) is 13.0 Å². The normalized spacial score (nSPS) is 13.5. The summed E-state index contributed by atoms with van der Waals surface area (Å²) in [5.41, 5.74) is 6.81. The summed E-state index contributed by atoms with van der Waals surface area (Å²) in [6.45, 7) is -0.309. The molecule has 1 rings (SSSR count). The Morgan fingerprint density at radius 2 is 1.85 bits per heavy atom. The van der Waals surface area contributed by atoms with E-state index in [1.807, 2.05) is 30.3 Å². The van der Waals surface area contributed by atoms with Gasteiger partial charge in [0.25, 0.3) is 0 Å². The summed E-state index contributed by atoms with van der Waals surface area (Å²) in [6.07, 6.45) is 1.04. The summed E-state index contributed by atoms with van der Waals surface area (Å²) >= 11 is 0. The number of carbonyl (C=O) groups is 2. The number of aliphatic hydroxyl groups is 1. The lowest BCUT2D eigenvalue weighted by atomic mass is 10.0. The van der Waals surface area contributed by atoms with Crippen LogP contribution in [0.1, 0.15) is 18.4 Å². The third-order valence-corrected chi connectivity index (χ3v) is 2.96. The molecule has 0 radical (unpaired) electrons. The van der Waals surface area contributed by atoms with E-state index in [2.05, 4.69) is 5.32 Å². The van der Waals surface area contributed by atoms with Crippen molar-refractivity contribution in [3.05, 3.63) is 35.9 Å². The number of hydrogen-bond acceptors (Lipinski definition) is 4. The van der Waals surface area contributed by atoms with Gasteiger partial charge in [0.05, 0.1) is 6.04 Å². The molecule has 1 unspecified atom stereocenters. The van der Waals surface area contributed by atoms with Crippen molar-refractivity contribution >= 4 is 11.9 Å². The second-order valence-corrected chi connectivity index (χ2v) is 4.54. The number of carboxylic acid groups (broad SMARTS) is 1. The largest absolute Gasteiger partial charge is 0.480 e. The zero-order chi connectivity index (χ0) is 15.0. The first kappa shape index (κ1) is 16.1. The average Bonchev–Trinajstić information content (AvgIpc) is 2.45. The summed E-state index contributed by atoms with van der Waals surface area (Å²) in [7, 11) is 0. The highest BCUT2D eigenvalue weighted by Crippen LogP contribution is 2.04. The Balaban J connectivity index is 2.44. The quantitative estimate of drug-likeness (QED) is 0.531. The van der Waals surface area contributed by atoms with Crippen LogP contribution < -0.4 is 11.1 Å². The molecular formula is C14H20N2O4. The molecule has 1 aromatic carbocycles. The first-order chi connectivity index (χ1) is 9.54. The van der Waals surface area contributed by atoms with E-state index in [1.165, 1.54) is 0 Å². The van der Waals surface area contributed by atoms with Gasteiger partial charge in [-0.3, -0.25) is 4.79 Å². The molecule has 0 aliphatic rings. The fourth-order valence-corrected chi connectivity index (χ4v) is 1.76. The van der Waals surface area contributed by atoms with Crippen molar-refractivity contribution in [2.24, 2.45) is 5.73 Å². The number of nitrogens with two attached hydrogens (primary N) is 1. The minimum atomic E-state index is -1.18. The molecule has 0 aromatic heterocycles. The molecule has 0 heterocycles. The van der Waals surface area contributed by atoms with Gasteiger partial charge in [-0.2, -0.15) is 0 Å². The number of rotatable bonds is 8. The second kappa shape index (κ2) is 8.29. The number of aliphatic carboxylic acids is 1. The first-order valence-electron chi connectivity index (χ1n) is 6.48. The SMILES string of the molecule is NC(CCc1ccccc1)C(=O)N[C@H](CCO)C(=O)O. The fourth-order valence-electron chi connectivity index (χ4n) is 1.76. The maximum absolute atomic E-state index is 11.8. The molecule has 1 amide bonds. The third kappa shape index (κ3) is 5.38. The van der Waals surface area contributed by atoms with Crippen LogP contribution in [-0.4, -0.2) is 40.8 Å². The van der Waals surface area contributed by atoms with Gasteiger partial charge in [-0.25, -0.2) is 4.79 Å². The minimum Gasteiger partial charge on any atom is -0.480 e. The van der Waals surface area contributed by atoms with Crippen molar-refractivity contribution < 1.29 is 19.8 Å². The number of nitrogens with one attached hydrogen (secondary N) is 1. The second-order valence-electron chi connectivity index (χ2n) is 4.54. The van der Waals surface area contributed by atoms with Gasteiger partial charge in [-0.15, -0.1) is 0 Å². The van der Waals surface area contributed by atoms with Crippen molar-refractivity contribution in [2.75, 3.05) is 6.61 Å². The molecule has 0 saturated carbocycles. The molecule has 1 aromatic rings. The molecule has 0 saturated heterocycles. The predicted molar refractivity (Wildman–Crippen MR) is 74.0 cm³/mol. The fraction of sp³-hybridized carbons (Fsp3) is 0.429. The molecule has 5 N–H and O–H groups in total. The lowest BCUT2D eigenvalue weighted by molar-refractivity contribution is -0.142. The van der Waals surface area contributed by atoms with Gasteiger partial charge < -0.3 is 21.3 Å². The van der Waals surface area contributed by atoms with E-state index in [0.717, 1.165) is 5.56 Å². The average molecular weight is 280 g/mol. The van der Waals surface area contributed by atoms with E-state index in [9.17, 15) is 9.59 Å². The number of carbonyl (C=O) groups excluding carboxylic acids is 1. The molecule has 2 atom stereocenters. The van der Waals surface area contributed by atoms with E-state index in [0.29, 0.717) is 12.8 Å². The maximum atomic E-state index is 11.8. The van der Waals surface area contributed by atoms with E-state index in [4.69, 9.17) is 15.9 Å². The summed E-state index contributed by atoms with van der Waals surface area (Å²) in [4.78, 5) is 22.6. The van der Waals surface area contributed by atoms with Crippen LogP contribution >= 0.6 is 0 Å². The lowest BCUT2D eigenvalue weighted by Gasteiger charge is -2.17. The van der Waals surface area contributed by atoms with Crippen LogP contribution in [0.15, 0.2) is 30.3 Å². The molecule has 0 aliphatic carbocycles. The first-order valence-corrected chi connectivity index (χ1v) is 6.48. The van der Waals surface area contributed by atoms with Crippen molar-refractivity contribution in [1.29, 1.82) is 0 Å². The monoisotopic (exact) mass is 280 g/mol. The summed E-state index contributed by atoms with van der Waals surface area (Å²) in [5.74, 6) is -1.69. The standard InChI is InChI=1S/C14H20N2O4/c15-11(7-6-10-4-2-1-3-5-10)13(18)16-12(8-9-17)14(19)20/h1-5,11-12,17H,6-9,15H2,(H,16,18)(H,19,20)/t11?,12-/m1/s1. The minimum absolute atomic E-state index is 0.0352. The van der Waals surface area contributed by atoms with Gasteiger partial charge in [0, 0.05) is 13.0 Å².